The first-order valence-corrected chi connectivity index (χ1v) is 8.58. The zero-order valence-corrected chi connectivity index (χ0v) is 12.6. The first-order chi connectivity index (χ1) is 9.81. The van der Waals surface area contributed by atoms with E-state index in [9.17, 15) is 4.79 Å². The molecule has 0 aromatic rings. The SMILES string of the molecule is O=C(CNC1CCN2CCCC2C1)NC1CCCCC1. The smallest absolute Gasteiger partial charge is 0.234 e. The minimum absolute atomic E-state index is 0.200. The molecule has 0 aromatic carbocycles. The van der Waals surface area contributed by atoms with Gasteiger partial charge < -0.3 is 15.5 Å². The molecule has 4 nitrogen and oxygen atoms in total. The third kappa shape index (κ3) is 3.73. The van der Waals surface area contributed by atoms with Crippen molar-refractivity contribution in [2.45, 2.75) is 75.9 Å². The fourth-order valence-corrected chi connectivity index (χ4v) is 4.17. The van der Waals surface area contributed by atoms with E-state index in [1.165, 1.54) is 70.9 Å². The van der Waals surface area contributed by atoms with Gasteiger partial charge in [-0.05, 0) is 51.6 Å². The van der Waals surface area contributed by atoms with E-state index in [2.05, 4.69) is 15.5 Å². The molecule has 3 aliphatic rings. The Bertz CT molecular complexity index is 328. The number of rotatable bonds is 4. The van der Waals surface area contributed by atoms with Gasteiger partial charge in [0.1, 0.15) is 0 Å². The molecule has 20 heavy (non-hydrogen) atoms. The van der Waals surface area contributed by atoms with Gasteiger partial charge in [0.2, 0.25) is 5.91 Å². The van der Waals surface area contributed by atoms with Gasteiger partial charge in [-0.1, -0.05) is 19.3 Å². The van der Waals surface area contributed by atoms with Crippen molar-refractivity contribution in [2.75, 3.05) is 19.6 Å². The highest BCUT2D eigenvalue weighted by atomic mass is 16.2. The zero-order valence-electron chi connectivity index (χ0n) is 12.6. The Hall–Kier alpha value is -0.610. The van der Waals surface area contributed by atoms with E-state index in [1.54, 1.807) is 0 Å². The first-order valence-electron chi connectivity index (χ1n) is 8.58. The van der Waals surface area contributed by atoms with Gasteiger partial charge >= 0.3 is 0 Å². The molecule has 1 saturated carbocycles. The molecule has 3 fully saturated rings. The molecule has 2 saturated heterocycles. The highest BCUT2D eigenvalue weighted by molar-refractivity contribution is 5.78. The Balaban J connectivity index is 1.35. The number of fused-ring (bicyclic) bond motifs is 1. The number of hydrogen-bond acceptors (Lipinski definition) is 3. The van der Waals surface area contributed by atoms with Crippen molar-refractivity contribution in [3.63, 3.8) is 0 Å². The number of carbonyl (C=O) groups excluding carboxylic acids is 1. The molecule has 2 unspecified atom stereocenters. The summed E-state index contributed by atoms with van der Waals surface area (Å²) in [5.41, 5.74) is 0. The Kier molecular flexibility index (Phi) is 4.94. The average Bonchev–Trinajstić information content (AvgIpc) is 2.93. The molecule has 2 atom stereocenters. The topological polar surface area (TPSA) is 44.4 Å². The lowest BCUT2D eigenvalue weighted by atomic mass is 9.95. The average molecular weight is 279 g/mol. The molecule has 0 spiro atoms. The quantitative estimate of drug-likeness (QED) is 0.822. The van der Waals surface area contributed by atoms with Crippen molar-refractivity contribution in [1.82, 2.24) is 15.5 Å². The molecule has 4 heteroatoms. The molecule has 0 aromatic heterocycles. The molecule has 1 aliphatic carbocycles. The maximum absolute atomic E-state index is 12.0. The predicted molar refractivity (Wildman–Crippen MR) is 80.6 cm³/mol. The molecule has 3 rings (SSSR count). The summed E-state index contributed by atoms with van der Waals surface area (Å²) in [6.45, 7) is 3.01. The minimum Gasteiger partial charge on any atom is -0.352 e. The summed E-state index contributed by atoms with van der Waals surface area (Å²) in [4.78, 5) is 14.6. The van der Waals surface area contributed by atoms with Crippen molar-refractivity contribution in [3.05, 3.63) is 0 Å². The second kappa shape index (κ2) is 6.90. The van der Waals surface area contributed by atoms with Crippen LogP contribution in [0.3, 0.4) is 0 Å². The summed E-state index contributed by atoms with van der Waals surface area (Å²) in [6.07, 6.45) is 11.4. The zero-order chi connectivity index (χ0) is 13.8. The number of nitrogens with one attached hydrogen (secondary N) is 2. The van der Waals surface area contributed by atoms with Crippen LogP contribution in [-0.2, 0) is 4.79 Å². The van der Waals surface area contributed by atoms with Crippen LogP contribution in [0.2, 0.25) is 0 Å². The fraction of sp³-hybridized carbons (Fsp3) is 0.938. The molecule has 2 heterocycles. The lowest BCUT2D eigenvalue weighted by Gasteiger charge is -2.35. The van der Waals surface area contributed by atoms with E-state index < -0.39 is 0 Å². The highest BCUT2D eigenvalue weighted by Crippen LogP contribution is 2.26. The van der Waals surface area contributed by atoms with Crippen LogP contribution < -0.4 is 10.6 Å². The van der Waals surface area contributed by atoms with Gasteiger partial charge in [0, 0.05) is 18.1 Å². The third-order valence-electron chi connectivity index (χ3n) is 5.34. The maximum atomic E-state index is 12.0. The van der Waals surface area contributed by atoms with E-state index in [0.717, 1.165) is 6.04 Å². The Morgan fingerprint density at radius 3 is 2.65 bits per heavy atom. The second-order valence-electron chi connectivity index (χ2n) is 6.84. The van der Waals surface area contributed by atoms with Crippen LogP contribution in [0.1, 0.15) is 57.8 Å². The van der Waals surface area contributed by atoms with Crippen molar-refractivity contribution in [3.8, 4) is 0 Å². The summed E-state index contributed by atoms with van der Waals surface area (Å²) >= 11 is 0. The number of piperidine rings is 1. The molecule has 0 bridgehead atoms. The largest absolute Gasteiger partial charge is 0.352 e. The number of hydrogen-bond donors (Lipinski definition) is 2. The van der Waals surface area contributed by atoms with Gasteiger partial charge in [0.15, 0.2) is 0 Å². The van der Waals surface area contributed by atoms with Crippen molar-refractivity contribution < 1.29 is 4.79 Å². The fourth-order valence-electron chi connectivity index (χ4n) is 4.17. The van der Waals surface area contributed by atoms with Gasteiger partial charge in [-0.15, -0.1) is 0 Å². The van der Waals surface area contributed by atoms with Crippen LogP contribution in [0.5, 0.6) is 0 Å². The lowest BCUT2D eigenvalue weighted by Crippen LogP contribution is -2.49. The second-order valence-corrected chi connectivity index (χ2v) is 6.84. The number of carbonyl (C=O) groups is 1. The minimum atomic E-state index is 0.200. The summed E-state index contributed by atoms with van der Waals surface area (Å²) in [7, 11) is 0. The van der Waals surface area contributed by atoms with E-state index in [-0.39, 0.29) is 5.91 Å². The molecule has 114 valence electrons. The third-order valence-corrected chi connectivity index (χ3v) is 5.34. The predicted octanol–water partition coefficient (Wildman–Crippen LogP) is 1.65. The summed E-state index contributed by atoms with van der Waals surface area (Å²) in [5, 5.41) is 6.68. The first kappa shape index (κ1) is 14.3. The summed E-state index contributed by atoms with van der Waals surface area (Å²) in [6, 6.07) is 1.77. The van der Waals surface area contributed by atoms with Crippen LogP contribution in [0, 0.1) is 0 Å². The van der Waals surface area contributed by atoms with E-state index in [4.69, 9.17) is 0 Å². The van der Waals surface area contributed by atoms with Crippen molar-refractivity contribution in [2.24, 2.45) is 0 Å². The highest BCUT2D eigenvalue weighted by Gasteiger charge is 2.31. The maximum Gasteiger partial charge on any atom is 0.234 e. The van der Waals surface area contributed by atoms with E-state index >= 15 is 0 Å². The monoisotopic (exact) mass is 279 g/mol. The Morgan fingerprint density at radius 2 is 1.80 bits per heavy atom. The molecule has 2 N–H and O–H groups in total. The van der Waals surface area contributed by atoms with Gasteiger partial charge in [0.25, 0.3) is 0 Å². The van der Waals surface area contributed by atoms with Crippen molar-refractivity contribution >= 4 is 5.91 Å². The molecular weight excluding hydrogens is 250 g/mol. The Labute approximate surface area is 122 Å². The van der Waals surface area contributed by atoms with E-state index in [0.29, 0.717) is 18.6 Å². The van der Waals surface area contributed by atoms with Gasteiger partial charge in [-0.3, -0.25) is 4.79 Å². The number of amides is 1. The Morgan fingerprint density at radius 1 is 0.950 bits per heavy atom. The van der Waals surface area contributed by atoms with Crippen molar-refractivity contribution in [1.29, 1.82) is 0 Å². The summed E-state index contributed by atoms with van der Waals surface area (Å²) < 4.78 is 0. The summed E-state index contributed by atoms with van der Waals surface area (Å²) in [5.74, 6) is 0.200. The van der Waals surface area contributed by atoms with Gasteiger partial charge in [-0.2, -0.15) is 0 Å². The number of nitrogens with zero attached hydrogens (tertiary/aromatic N) is 1. The van der Waals surface area contributed by atoms with Crippen LogP contribution in [-0.4, -0.2) is 48.6 Å². The van der Waals surface area contributed by atoms with Crippen LogP contribution in [0.15, 0.2) is 0 Å². The van der Waals surface area contributed by atoms with Crippen LogP contribution in [0.4, 0.5) is 0 Å². The molecule has 2 aliphatic heterocycles. The van der Waals surface area contributed by atoms with Gasteiger partial charge in [0.05, 0.1) is 6.54 Å². The molecule has 0 radical (unpaired) electrons. The van der Waals surface area contributed by atoms with Gasteiger partial charge in [-0.25, -0.2) is 0 Å². The van der Waals surface area contributed by atoms with E-state index in [1.807, 2.05) is 0 Å². The van der Waals surface area contributed by atoms with Crippen LogP contribution >= 0.6 is 0 Å². The van der Waals surface area contributed by atoms with Crippen LogP contribution in [0.25, 0.3) is 0 Å². The lowest BCUT2D eigenvalue weighted by molar-refractivity contribution is -0.121. The molecular formula is C16H29N3O. The molecule has 1 amide bonds. The standard InChI is InChI=1S/C16H29N3O/c20-16(18-13-5-2-1-3-6-13)12-17-14-8-10-19-9-4-7-15(19)11-14/h13-15,17H,1-12H2,(H,18,20). The normalized spacial score (nSPS) is 32.0.